The zero-order valence-electron chi connectivity index (χ0n) is 10.1. The Morgan fingerprint density at radius 1 is 1.44 bits per heavy atom. The summed E-state index contributed by atoms with van der Waals surface area (Å²) in [6.07, 6.45) is 4.42. The number of hydrogen-bond donors (Lipinski definition) is 3. The fraction of sp³-hybridized carbons (Fsp3) is 0.417. The van der Waals surface area contributed by atoms with Crippen molar-refractivity contribution in [2.75, 3.05) is 0 Å². The van der Waals surface area contributed by atoms with Gasteiger partial charge in [0.25, 0.3) is 5.91 Å². The molecule has 0 fully saturated rings. The molecule has 0 aromatic carbocycles. The molecule has 1 aromatic rings. The van der Waals surface area contributed by atoms with E-state index in [0.29, 0.717) is 6.42 Å². The van der Waals surface area contributed by atoms with E-state index >= 15 is 0 Å². The van der Waals surface area contributed by atoms with Crippen molar-refractivity contribution in [3.05, 3.63) is 24.0 Å². The number of aromatic nitrogens is 1. The summed E-state index contributed by atoms with van der Waals surface area (Å²) in [4.78, 5) is 26.4. The zero-order valence-corrected chi connectivity index (χ0v) is 10.1. The van der Waals surface area contributed by atoms with E-state index in [0.717, 1.165) is 12.8 Å². The third-order valence-electron chi connectivity index (χ3n) is 2.44. The van der Waals surface area contributed by atoms with E-state index in [4.69, 9.17) is 5.11 Å². The number of carboxylic acid groups (broad SMARTS) is 1. The van der Waals surface area contributed by atoms with Crippen LogP contribution < -0.4 is 5.32 Å². The van der Waals surface area contributed by atoms with Crippen LogP contribution in [0, 0.1) is 0 Å². The third kappa shape index (κ3) is 4.04. The summed E-state index contributed by atoms with van der Waals surface area (Å²) in [5.74, 6) is -1.75. The molecular weight excluding hydrogens is 236 g/mol. The minimum Gasteiger partial charge on any atom is -0.506 e. The van der Waals surface area contributed by atoms with Gasteiger partial charge in [-0.25, -0.2) is 4.79 Å². The Kier molecular flexibility index (Phi) is 5.10. The Morgan fingerprint density at radius 2 is 2.17 bits per heavy atom. The predicted octanol–water partition coefficient (Wildman–Crippen LogP) is 1.16. The Bertz CT molecular complexity index is 434. The van der Waals surface area contributed by atoms with Gasteiger partial charge in [-0.15, -0.1) is 0 Å². The van der Waals surface area contributed by atoms with E-state index in [2.05, 4.69) is 10.3 Å². The lowest BCUT2D eigenvalue weighted by molar-refractivity contribution is -0.139. The van der Waals surface area contributed by atoms with Gasteiger partial charge in [-0.1, -0.05) is 19.8 Å². The van der Waals surface area contributed by atoms with Crippen molar-refractivity contribution < 1.29 is 19.8 Å². The van der Waals surface area contributed by atoms with E-state index < -0.39 is 17.9 Å². The number of nitrogens with one attached hydrogen (secondary N) is 1. The molecule has 0 bridgehead atoms. The lowest BCUT2D eigenvalue weighted by Crippen LogP contribution is -2.40. The molecule has 1 rings (SSSR count). The Labute approximate surface area is 105 Å². The lowest BCUT2D eigenvalue weighted by atomic mass is 10.1. The number of carbonyl (C=O) groups is 2. The molecule has 6 heteroatoms. The molecule has 0 spiro atoms. The smallest absolute Gasteiger partial charge is 0.326 e. The van der Waals surface area contributed by atoms with Crippen LogP contribution in [-0.2, 0) is 4.79 Å². The molecule has 1 amide bonds. The minimum absolute atomic E-state index is 0.136. The highest BCUT2D eigenvalue weighted by molar-refractivity contribution is 5.96. The van der Waals surface area contributed by atoms with Crippen molar-refractivity contribution in [3.8, 4) is 5.75 Å². The number of aromatic hydroxyl groups is 1. The van der Waals surface area contributed by atoms with E-state index in [1.165, 1.54) is 18.5 Å². The number of hydrogen-bond acceptors (Lipinski definition) is 4. The van der Waals surface area contributed by atoms with Gasteiger partial charge >= 0.3 is 5.97 Å². The molecule has 3 N–H and O–H groups in total. The number of pyridine rings is 1. The molecule has 0 aliphatic rings. The first-order chi connectivity index (χ1) is 8.54. The molecule has 0 aliphatic heterocycles. The maximum atomic E-state index is 11.7. The van der Waals surface area contributed by atoms with Gasteiger partial charge in [-0.2, -0.15) is 0 Å². The van der Waals surface area contributed by atoms with Crippen LogP contribution >= 0.6 is 0 Å². The monoisotopic (exact) mass is 252 g/mol. The van der Waals surface area contributed by atoms with Crippen LogP contribution in [0.2, 0.25) is 0 Å². The van der Waals surface area contributed by atoms with Gasteiger partial charge in [-0.05, 0) is 12.5 Å². The van der Waals surface area contributed by atoms with Crippen molar-refractivity contribution in [1.82, 2.24) is 10.3 Å². The van der Waals surface area contributed by atoms with Crippen molar-refractivity contribution in [2.24, 2.45) is 0 Å². The summed E-state index contributed by atoms with van der Waals surface area (Å²) < 4.78 is 0. The second-order valence-corrected chi connectivity index (χ2v) is 3.94. The summed E-state index contributed by atoms with van der Waals surface area (Å²) in [7, 11) is 0. The molecule has 18 heavy (non-hydrogen) atoms. The largest absolute Gasteiger partial charge is 0.506 e. The van der Waals surface area contributed by atoms with Crippen molar-refractivity contribution in [2.45, 2.75) is 32.2 Å². The van der Waals surface area contributed by atoms with Gasteiger partial charge in [0.2, 0.25) is 0 Å². The molecule has 0 radical (unpaired) electrons. The number of carboxylic acids is 1. The molecule has 6 nitrogen and oxygen atoms in total. The Balaban J connectivity index is 2.69. The van der Waals surface area contributed by atoms with E-state index in [1.54, 1.807) is 0 Å². The maximum absolute atomic E-state index is 11.7. The van der Waals surface area contributed by atoms with Gasteiger partial charge < -0.3 is 15.5 Å². The molecule has 0 saturated heterocycles. The summed E-state index contributed by atoms with van der Waals surface area (Å²) in [5, 5.41) is 20.6. The lowest BCUT2D eigenvalue weighted by Gasteiger charge is -2.13. The van der Waals surface area contributed by atoms with Gasteiger partial charge in [0.15, 0.2) is 0 Å². The molecule has 0 saturated carbocycles. The Hall–Kier alpha value is -2.11. The quantitative estimate of drug-likeness (QED) is 0.705. The molecule has 1 atom stereocenters. The molecule has 1 unspecified atom stereocenters. The number of nitrogens with zero attached hydrogens (tertiary/aromatic N) is 1. The number of carbonyl (C=O) groups excluding carboxylic acids is 1. The van der Waals surface area contributed by atoms with Crippen molar-refractivity contribution in [1.29, 1.82) is 0 Å². The van der Waals surface area contributed by atoms with Gasteiger partial charge in [0, 0.05) is 6.20 Å². The highest BCUT2D eigenvalue weighted by Crippen LogP contribution is 2.09. The SMILES string of the molecule is CCCCC(NC(=O)c1cncc(O)c1)C(=O)O. The second-order valence-electron chi connectivity index (χ2n) is 3.94. The predicted molar refractivity (Wildman–Crippen MR) is 64.3 cm³/mol. The van der Waals surface area contributed by atoms with Crippen LogP contribution in [0.4, 0.5) is 0 Å². The number of rotatable bonds is 6. The van der Waals surface area contributed by atoms with Crippen LogP contribution in [0.3, 0.4) is 0 Å². The molecular formula is C12H16N2O4. The topological polar surface area (TPSA) is 99.5 Å². The molecule has 0 aliphatic carbocycles. The zero-order chi connectivity index (χ0) is 13.5. The molecule has 98 valence electrons. The van der Waals surface area contributed by atoms with Crippen LogP contribution in [0.15, 0.2) is 18.5 Å². The summed E-state index contributed by atoms with van der Waals surface area (Å²) in [6, 6.07) is 0.320. The van der Waals surface area contributed by atoms with Crippen LogP contribution in [0.1, 0.15) is 36.5 Å². The highest BCUT2D eigenvalue weighted by Gasteiger charge is 2.20. The average molecular weight is 252 g/mol. The fourth-order valence-electron chi connectivity index (χ4n) is 1.46. The van der Waals surface area contributed by atoms with E-state index in [1.807, 2.05) is 6.92 Å². The number of unbranched alkanes of at least 4 members (excludes halogenated alkanes) is 1. The first-order valence-electron chi connectivity index (χ1n) is 5.72. The maximum Gasteiger partial charge on any atom is 0.326 e. The highest BCUT2D eigenvalue weighted by atomic mass is 16.4. The standard InChI is InChI=1S/C12H16N2O4/c1-2-3-4-10(12(17)18)14-11(16)8-5-9(15)7-13-6-8/h5-7,10,15H,2-4H2,1H3,(H,14,16)(H,17,18). The number of aliphatic carboxylic acids is 1. The first-order valence-corrected chi connectivity index (χ1v) is 5.72. The van der Waals surface area contributed by atoms with Gasteiger partial charge in [-0.3, -0.25) is 9.78 Å². The summed E-state index contributed by atoms with van der Waals surface area (Å²) >= 11 is 0. The molecule has 1 heterocycles. The molecule has 1 aromatic heterocycles. The minimum atomic E-state index is -1.06. The Morgan fingerprint density at radius 3 is 2.72 bits per heavy atom. The summed E-state index contributed by atoms with van der Waals surface area (Å²) in [5.41, 5.74) is 0.137. The second kappa shape index (κ2) is 6.58. The summed E-state index contributed by atoms with van der Waals surface area (Å²) in [6.45, 7) is 1.94. The first kappa shape index (κ1) is 14.0. The van der Waals surface area contributed by atoms with Gasteiger partial charge in [0.05, 0.1) is 11.8 Å². The van der Waals surface area contributed by atoms with Crippen LogP contribution in [0.25, 0.3) is 0 Å². The normalized spacial score (nSPS) is 11.8. The van der Waals surface area contributed by atoms with Crippen molar-refractivity contribution in [3.63, 3.8) is 0 Å². The van der Waals surface area contributed by atoms with Gasteiger partial charge in [0.1, 0.15) is 11.8 Å². The fourth-order valence-corrected chi connectivity index (χ4v) is 1.46. The van der Waals surface area contributed by atoms with Crippen molar-refractivity contribution >= 4 is 11.9 Å². The number of amides is 1. The van der Waals surface area contributed by atoms with Crippen LogP contribution in [-0.4, -0.2) is 33.1 Å². The average Bonchev–Trinajstić information content (AvgIpc) is 2.33. The third-order valence-corrected chi connectivity index (χ3v) is 2.44. The van der Waals surface area contributed by atoms with Crippen LogP contribution in [0.5, 0.6) is 5.75 Å². The van der Waals surface area contributed by atoms with E-state index in [9.17, 15) is 14.7 Å². The van der Waals surface area contributed by atoms with E-state index in [-0.39, 0.29) is 11.3 Å².